The Balaban J connectivity index is 2.07. The summed E-state index contributed by atoms with van der Waals surface area (Å²) >= 11 is 0. The zero-order valence-electron chi connectivity index (χ0n) is 14.6. The first-order valence-corrected chi connectivity index (χ1v) is 8.17. The van der Waals surface area contributed by atoms with E-state index in [4.69, 9.17) is 0 Å². The first-order valence-electron chi connectivity index (χ1n) is 8.17. The average molecular weight is 311 g/mol. The van der Waals surface area contributed by atoms with Gasteiger partial charge in [0.25, 0.3) is 5.91 Å². The van der Waals surface area contributed by atoms with Crippen LogP contribution in [0, 0.1) is 13.8 Å². The van der Waals surface area contributed by atoms with Crippen LogP contribution < -0.4 is 5.32 Å². The number of aryl methyl sites for hydroxylation is 2. The highest BCUT2D eigenvalue weighted by atomic mass is 16.2. The number of nitrogens with zero attached hydrogens (tertiary/aromatic N) is 1. The highest BCUT2D eigenvalue weighted by Gasteiger charge is 2.24. The Hall–Kier alpha value is -2.13. The van der Waals surface area contributed by atoms with Gasteiger partial charge in [0.2, 0.25) is 0 Å². The number of nitrogens with one attached hydrogen (secondary N) is 1. The van der Waals surface area contributed by atoms with Gasteiger partial charge in [0.05, 0.1) is 13.6 Å². The lowest BCUT2D eigenvalue weighted by molar-refractivity contribution is -0.913. The van der Waals surface area contributed by atoms with E-state index in [-0.39, 0.29) is 5.91 Å². The smallest absolute Gasteiger partial charge is 0.279 e. The summed E-state index contributed by atoms with van der Waals surface area (Å²) in [6, 6.07) is 16.4. The quantitative estimate of drug-likeness (QED) is 0.805. The monoisotopic (exact) mass is 311 g/mol. The molecule has 0 aromatic heterocycles. The number of hydrogen-bond donors (Lipinski definition) is 1. The third kappa shape index (κ3) is 4.67. The zero-order valence-corrected chi connectivity index (χ0v) is 14.6. The first-order chi connectivity index (χ1) is 10.9. The minimum Gasteiger partial charge on any atom is -0.321 e. The van der Waals surface area contributed by atoms with Crippen molar-refractivity contribution in [1.29, 1.82) is 0 Å². The number of carbonyl (C=O) groups is 1. The highest BCUT2D eigenvalue weighted by molar-refractivity contribution is 5.93. The van der Waals surface area contributed by atoms with Crippen molar-refractivity contribution >= 4 is 11.6 Å². The van der Waals surface area contributed by atoms with Gasteiger partial charge in [0, 0.05) is 11.3 Å². The van der Waals surface area contributed by atoms with Gasteiger partial charge in [-0.1, -0.05) is 48.5 Å². The molecule has 1 amide bonds. The van der Waals surface area contributed by atoms with Crippen LogP contribution in [0.3, 0.4) is 0 Å². The average Bonchev–Trinajstić information content (AvgIpc) is 2.52. The van der Waals surface area contributed by atoms with Crippen LogP contribution in [0.1, 0.15) is 23.6 Å². The van der Waals surface area contributed by atoms with Crippen molar-refractivity contribution in [3.63, 3.8) is 0 Å². The fourth-order valence-electron chi connectivity index (χ4n) is 2.84. The minimum absolute atomic E-state index is 0.0719. The van der Waals surface area contributed by atoms with Crippen molar-refractivity contribution in [2.75, 3.05) is 25.5 Å². The summed E-state index contributed by atoms with van der Waals surface area (Å²) in [6.07, 6.45) is 0. The molecule has 0 bridgehead atoms. The molecular weight excluding hydrogens is 284 g/mol. The lowest BCUT2D eigenvalue weighted by atomic mass is 10.1. The number of quaternary nitrogens is 1. The van der Waals surface area contributed by atoms with Gasteiger partial charge in [-0.15, -0.1) is 0 Å². The Kier molecular flexibility index (Phi) is 5.56. The molecule has 0 spiro atoms. The Morgan fingerprint density at radius 1 is 1.00 bits per heavy atom. The maximum absolute atomic E-state index is 12.6. The minimum atomic E-state index is 0.0719. The number of benzene rings is 2. The van der Waals surface area contributed by atoms with Gasteiger partial charge in [0.1, 0.15) is 6.54 Å². The molecule has 2 rings (SSSR count). The standard InChI is InChI=1S/C20H26N2O/c1-5-22(4,14-18-12-7-6-8-13-18)15-19(23)21-20-16(2)10-9-11-17(20)3/h6-13H,5,14-15H2,1-4H3/p+1. The molecule has 0 aliphatic carbocycles. The lowest BCUT2D eigenvalue weighted by Crippen LogP contribution is -2.48. The summed E-state index contributed by atoms with van der Waals surface area (Å²) in [4.78, 5) is 12.6. The molecule has 0 aliphatic heterocycles. The van der Waals surface area contributed by atoms with E-state index in [1.807, 2.05) is 50.2 Å². The van der Waals surface area contributed by atoms with Crippen molar-refractivity contribution in [3.05, 3.63) is 65.2 Å². The second-order valence-corrected chi connectivity index (χ2v) is 6.55. The van der Waals surface area contributed by atoms with Gasteiger partial charge in [-0.05, 0) is 31.9 Å². The van der Waals surface area contributed by atoms with Crippen molar-refractivity contribution in [2.45, 2.75) is 27.3 Å². The Morgan fingerprint density at radius 3 is 2.17 bits per heavy atom. The molecule has 23 heavy (non-hydrogen) atoms. The second-order valence-electron chi connectivity index (χ2n) is 6.55. The van der Waals surface area contributed by atoms with E-state index in [1.54, 1.807) is 0 Å². The summed E-state index contributed by atoms with van der Waals surface area (Å²) in [5.41, 5.74) is 4.41. The van der Waals surface area contributed by atoms with E-state index >= 15 is 0 Å². The van der Waals surface area contributed by atoms with Crippen LogP contribution in [0.25, 0.3) is 0 Å². The van der Waals surface area contributed by atoms with Crippen molar-refractivity contribution in [3.8, 4) is 0 Å². The molecule has 3 nitrogen and oxygen atoms in total. The summed E-state index contributed by atoms with van der Waals surface area (Å²) in [7, 11) is 2.14. The predicted octanol–water partition coefficient (Wildman–Crippen LogP) is 3.91. The van der Waals surface area contributed by atoms with Gasteiger partial charge >= 0.3 is 0 Å². The van der Waals surface area contributed by atoms with E-state index in [0.717, 1.165) is 29.9 Å². The molecule has 0 heterocycles. The van der Waals surface area contributed by atoms with Gasteiger partial charge in [-0.25, -0.2) is 0 Å². The number of amides is 1. The molecule has 1 N–H and O–H groups in total. The van der Waals surface area contributed by atoms with Crippen LogP contribution in [0.15, 0.2) is 48.5 Å². The van der Waals surface area contributed by atoms with Gasteiger partial charge in [-0.2, -0.15) is 0 Å². The zero-order chi connectivity index (χ0) is 16.9. The fourth-order valence-corrected chi connectivity index (χ4v) is 2.84. The molecule has 0 fully saturated rings. The van der Waals surface area contributed by atoms with Crippen LogP contribution >= 0.6 is 0 Å². The molecule has 2 aromatic carbocycles. The molecular formula is C20H27N2O+. The topological polar surface area (TPSA) is 29.1 Å². The molecule has 0 saturated heterocycles. The van der Waals surface area contributed by atoms with E-state index in [2.05, 4.69) is 31.4 Å². The van der Waals surface area contributed by atoms with E-state index in [9.17, 15) is 4.79 Å². The SMILES string of the molecule is CC[N+](C)(CC(=O)Nc1c(C)cccc1C)Cc1ccccc1. The normalized spacial score (nSPS) is 13.4. The van der Waals surface area contributed by atoms with Crippen LogP contribution in [-0.2, 0) is 11.3 Å². The third-order valence-corrected chi connectivity index (χ3v) is 4.44. The lowest BCUT2D eigenvalue weighted by Gasteiger charge is -2.33. The molecule has 0 saturated carbocycles. The molecule has 122 valence electrons. The van der Waals surface area contributed by atoms with E-state index in [1.165, 1.54) is 5.56 Å². The van der Waals surface area contributed by atoms with E-state index < -0.39 is 0 Å². The second kappa shape index (κ2) is 7.42. The fraction of sp³-hybridized carbons (Fsp3) is 0.350. The van der Waals surface area contributed by atoms with Crippen LogP contribution in [0.5, 0.6) is 0 Å². The summed E-state index contributed by atoms with van der Waals surface area (Å²) in [5, 5.41) is 3.10. The van der Waals surface area contributed by atoms with Gasteiger partial charge in [-0.3, -0.25) is 4.79 Å². The first kappa shape index (κ1) is 17.2. The molecule has 3 heteroatoms. The number of carbonyl (C=O) groups excluding carboxylic acids is 1. The highest BCUT2D eigenvalue weighted by Crippen LogP contribution is 2.20. The molecule has 0 radical (unpaired) electrons. The van der Waals surface area contributed by atoms with E-state index in [0.29, 0.717) is 11.0 Å². The number of rotatable bonds is 6. The predicted molar refractivity (Wildman–Crippen MR) is 96.3 cm³/mol. The maximum Gasteiger partial charge on any atom is 0.279 e. The van der Waals surface area contributed by atoms with Gasteiger partial charge < -0.3 is 9.80 Å². The largest absolute Gasteiger partial charge is 0.321 e. The third-order valence-electron chi connectivity index (χ3n) is 4.44. The van der Waals surface area contributed by atoms with Crippen LogP contribution in [0.4, 0.5) is 5.69 Å². The van der Waals surface area contributed by atoms with Crippen LogP contribution in [0.2, 0.25) is 0 Å². The summed E-state index contributed by atoms with van der Waals surface area (Å²) < 4.78 is 0.695. The van der Waals surface area contributed by atoms with Crippen molar-refractivity contribution in [1.82, 2.24) is 0 Å². The molecule has 0 aliphatic rings. The van der Waals surface area contributed by atoms with Crippen LogP contribution in [-0.4, -0.2) is 30.5 Å². The molecule has 1 unspecified atom stereocenters. The summed E-state index contributed by atoms with van der Waals surface area (Å²) in [5.74, 6) is 0.0719. The number of hydrogen-bond acceptors (Lipinski definition) is 1. The molecule has 1 atom stereocenters. The Bertz CT molecular complexity index is 646. The van der Waals surface area contributed by atoms with Crippen molar-refractivity contribution in [2.24, 2.45) is 0 Å². The Labute approximate surface area is 139 Å². The summed E-state index contributed by atoms with van der Waals surface area (Å²) in [6.45, 7) is 8.43. The van der Waals surface area contributed by atoms with Gasteiger partial charge in [0.15, 0.2) is 6.54 Å². The maximum atomic E-state index is 12.6. The number of para-hydroxylation sites is 1. The Morgan fingerprint density at radius 2 is 1.61 bits per heavy atom. The number of likely N-dealkylation sites (N-methyl/N-ethyl adjacent to an activating group) is 1. The van der Waals surface area contributed by atoms with Crippen molar-refractivity contribution < 1.29 is 9.28 Å². The number of anilines is 1. The molecule has 2 aromatic rings.